The highest BCUT2D eigenvalue weighted by molar-refractivity contribution is 7.91. The van der Waals surface area contributed by atoms with Crippen LogP contribution in [0, 0.1) is 13.8 Å². The Labute approximate surface area is 122 Å². The third-order valence-electron chi connectivity index (χ3n) is 3.73. The number of hydrogen-bond donors (Lipinski definition) is 1. The summed E-state index contributed by atoms with van der Waals surface area (Å²) in [6.07, 6.45) is 1.91. The molecule has 0 amide bonds. The van der Waals surface area contributed by atoms with Gasteiger partial charge in [-0.1, -0.05) is 0 Å². The van der Waals surface area contributed by atoms with Gasteiger partial charge in [-0.15, -0.1) is 11.3 Å². The molecular formula is C13H17N3O2S2. The molecule has 2 aromatic rings. The summed E-state index contributed by atoms with van der Waals surface area (Å²) in [4.78, 5) is 0.893. The largest absolute Gasteiger partial charge is 0.282 e. The van der Waals surface area contributed by atoms with Crippen LogP contribution in [-0.4, -0.2) is 36.0 Å². The lowest BCUT2D eigenvalue weighted by Crippen LogP contribution is -2.27. The third-order valence-corrected chi connectivity index (χ3v) is 7.19. The fraction of sp³-hybridized carbons (Fsp3) is 0.462. The monoisotopic (exact) mass is 311 g/mol. The first kappa shape index (κ1) is 13.8. The number of sulfonamides is 1. The van der Waals surface area contributed by atoms with E-state index in [1.807, 2.05) is 19.9 Å². The fourth-order valence-corrected chi connectivity index (χ4v) is 5.39. The zero-order valence-electron chi connectivity index (χ0n) is 11.5. The van der Waals surface area contributed by atoms with Crippen LogP contribution in [0.15, 0.2) is 16.3 Å². The van der Waals surface area contributed by atoms with Gasteiger partial charge in [0, 0.05) is 18.8 Å². The van der Waals surface area contributed by atoms with Crippen LogP contribution in [0.1, 0.15) is 24.1 Å². The first-order chi connectivity index (χ1) is 9.50. The first-order valence-electron chi connectivity index (χ1n) is 6.62. The topological polar surface area (TPSA) is 66.1 Å². The minimum atomic E-state index is -3.32. The van der Waals surface area contributed by atoms with E-state index in [9.17, 15) is 8.42 Å². The maximum Gasteiger partial charge on any atom is 0.252 e. The molecular weight excluding hydrogens is 294 g/mol. The molecule has 1 saturated heterocycles. The quantitative estimate of drug-likeness (QED) is 0.947. The summed E-state index contributed by atoms with van der Waals surface area (Å²) in [7, 11) is -3.32. The molecule has 20 heavy (non-hydrogen) atoms. The first-order valence-corrected chi connectivity index (χ1v) is 8.88. The summed E-state index contributed by atoms with van der Waals surface area (Å²) in [6.45, 7) is 5.22. The normalized spacial score (nSPS) is 16.9. The van der Waals surface area contributed by atoms with Crippen molar-refractivity contribution in [3.8, 4) is 10.6 Å². The zero-order chi connectivity index (χ0) is 14.3. The number of rotatable bonds is 3. The maximum absolute atomic E-state index is 12.5. The van der Waals surface area contributed by atoms with Gasteiger partial charge >= 0.3 is 0 Å². The minimum absolute atomic E-state index is 0.412. The van der Waals surface area contributed by atoms with Gasteiger partial charge < -0.3 is 0 Å². The van der Waals surface area contributed by atoms with E-state index in [4.69, 9.17) is 0 Å². The van der Waals surface area contributed by atoms with E-state index in [0.717, 1.165) is 34.7 Å². The van der Waals surface area contributed by atoms with Gasteiger partial charge in [-0.25, -0.2) is 8.42 Å². The molecule has 0 bridgehead atoms. The third kappa shape index (κ3) is 2.19. The molecule has 0 aromatic carbocycles. The fourth-order valence-electron chi connectivity index (χ4n) is 2.37. The molecule has 0 radical (unpaired) electrons. The molecule has 0 saturated carbocycles. The number of hydrogen-bond acceptors (Lipinski definition) is 4. The van der Waals surface area contributed by atoms with E-state index in [2.05, 4.69) is 10.2 Å². The predicted octanol–water partition coefficient (Wildman–Crippen LogP) is 2.54. The Kier molecular flexibility index (Phi) is 3.43. The van der Waals surface area contributed by atoms with Crippen molar-refractivity contribution in [3.63, 3.8) is 0 Å². The van der Waals surface area contributed by atoms with Crippen LogP contribution < -0.4 is 0 Å². The Hall–Kier alpha value is -1.18. The molecule has 2 aromatic heterocycles. The number of H-pyrrole nitrogens is 1. The smallest absolute Gasteiger partial charge is 0.252 e. The van der Waals surface area contributed by atoms with Gasteiger partial charge in [0.05, 0.1) is 4.88 Å². The van der Waals surface area contributed by atoms with Crippen LogP contribution in [0.5, 0.6) is 0 Å². The molecule has 0 aliphatic carbocycles. The number of aromatic nitrogens is 2. The van der Waals surface area contributed by atoms with Crippen molar-refractivity contribution < 1.29 is 8.42 Å². The number of aryl methyl sites for hydroxylation is 1. The van der Waals surface area contributed by atoms with E-state index >= 15 is 0 Å². The van der Waals surface area contributed by atoms with E-state index in [1.54, 1.807) is 10.4 Å². The van der Waals surface area contributed by atoms with E-state index in [-0.39, 0.29) is 0 Å². The Morgan fingerprint density at radius 2 is 1.95 bits per heavy atom. The number of aromatic amines is 1. The van der Waals surface area contributed by atoms with Crippen molar-refractivity contribution in [2.45, 2.75) is 30.9 Å². The molecule has 7 heteroatoms. The summed E-state index contributed by atoms with van der Waals surface area (Å²) in [6, 6.07) is 3.54. The molecule has 3 rings (SSSR count). The Morgan fingerprint density at radius 1 is 1.25 bits per heavy atom. The van der Waals surface area contributed by atoms with Crippen LogP contribution in [0.3, 0.4) is 0 Å². The Morgan fingerprint density at radius 3 is 2.55 bits per heavy atom. The minimum Gasteiger partial charge on any atom is -0.282 e. The maximum atomic E-state index is 12.5. The molecule has 108 valence electrons. The molecule has 0 unspecified atom stereocenters. The molecule has 5 nitrogen and oxygen atoms in total. The molecule has 0 spiro atoms. The lowest BCUT2D eigenvalue weighted by Gasteiger charge is -2.13. The summed E-state index contributed by atoms with van der Waals surface area (Å²) >= 11 is 1.30. The second-order valence-corrected chi connectivity index (χ2v) is 8.30. The van der Waals surface area contributed by atoms with Crippen molar-refractivity contribution >= 4 is 21.4 Å². The molecule has 3 heterocycles. The van der Waals surface area contributed by atoms with Crippen LogP contribution in [0.25, 0.3) is 10.6 Å². The average Bonchev–Trinajstić information content (AvgIpc) is 3.12. The van der Waals surface area contributed by atoms with Gasteiger partial charge in [-0.2, -0.15) is 9.40 Å². The predicted molar refractivity (Wildman–Crippen MR) is 79.4 cm³/mol. The van der Waals surface area contributed by atoms with Gasteiger partial charge in [-0.05, 0) is 44.4 Å². The molecule has 1 fully saturated rings. The van der Waals surface area contributed by atoms with Crippen molar-refractivity contribution in [3.05, 3.63) is 23.4 Å². The average molecular weight is 311 g/mol. The van der Waals surface area contributed by atoms with E-state index in [0.29, 0.717) is 17.3 Å². The van der Waals surface area contributed by atoms with Gasteiger partial charge in [-0.3, -0.25) is 5.10 Å². The molecule has 1 aliphatic rings. The molecule has 1 N–H and O–H groups in total. The van der Waals surface area contributed by atoms with Gasteiger partial charge in [0.2, 0.25) is 0 Å². The lowest BCUT2D eigenvalue weighted by atomic mass is 10.2. The van der Waals surface area contributed by atoms with Crippen molar-refractivity contribution in [1.29, 1.82) is 0 Å². The van der Waals surface area contributed by atoms with Gasteiger partial charge in [0.15, 0.2) is 0 Å². The van der Waals surface area contributed by atoms with Crippen molar-refractivity contribution in [1.82, 2.24) is 14.5 Å². The Balaban J connectivity index is 1.96. The second kappa shape index (κ2) is 4.98. The lowest BCUT2D eigenvalue weighted by molar-refractivity contribution is 0.479. The van der Waals surface area contributed by atoms with Crippen LogP contribution >= 0.6 is 11.3 Å². The van der Waals surface area contributed by atoms with Crippen LogP contribution in [0.2, 0.25) is 0 Å². The van der Waals surface area contributed by atoms with Crippen LogP contribution in [0.4, 0.5) is 0 Å². The zero-order valence-corrected chi connectivity index (χ0v) is 13.1. The number of thiophene rings is 1. The summed E-state index contributed by atoms with van der Waals surface area (Å²) in [5, 5.41) is 7.19. The van der Waals surface area contributed by atoms with Crippen molar-refractivity contribution in [2.75, 3.05) is 13.1 Å². The summed E-state index contributed by atoms with van der Waals surface area (Å²) in [5.74, 6) is 0. The number of nitrogens with one attached hydrogen (secondary N) is 1. The highest BCUT2D eigenvalue weighted by Gasteiger charge is 2.29. The Bertz CT molecular complexity index is 725. The van der Waals surface area contributed by atoms with Gasteiger partial charge in [0.25, 0.3) is 10.0 Å². The number of nitrogens with zero attached hydrogens (tertiary/aromatic N) is 2. The molecule has 1 aliphatic heterocycles. The highest BCUT2D eigenvalue weighted by atomic mass is 32.2. The standard InChI is InChI=1S/C13H17N3O2S2/c1-9-10(2)14-15-13(9)11-5-6-12(19-11)20(17,18)16-7-3-4-8-16/h5-6H,3-4,7-8H2,1-2H3,(H,14,15). The van der Waals surface area contributed by atoms with Crippen LogP contribution in [-0.2, 0) is 10.0 Å². The summed E-state index contributed by atoms with van der Waals surface area (Å²) < 4.78 is 26.9. The second-order valence-electron chi connectivity index (χ2n) is 5.05. The molecule has 0 atom stereocenters. The van der Waals surface area contributed by atoms with Crippen molar-refractivity contribution in [2.24, 2.45) is 0 Å². The SMILES string of the molecule is Cc1[nH]nc(-c2ccc(S(=O)(=O)N3CCCC3)s2)c1C. The van der Waals surface area contributed by atoms with E-state index < -0.39 is 10.0 Å². The van der Waals surface area contributed by atoms with Gasteiger partial charge in [0.1, 0.15) is 9.90 Å². The van der Waals surface area contributed by atoms with E-state index in [1.165, 1.54) is 11.3 Å². The summed E-state index contributed by atoms with van der Waals surface area (Å²) in [5.41, 5.74) is 2.92. The highest BCUT2D eigenvalue weighted by Crippen LogP contribution is 2.34.